The van der Waals surface area contributed by atoms with E-state index in [-0.39, 0.29) is 17.4 Å². The van der Waals surface area contributed by atoms with Crippen LogP contribution in [0.25, 0.3) is 0 Å². The topological polar surface area (TPSA) is 49.4 Å². The van der Waals surface area contributed by atoms with Gasteiger partial charge < -0.3 is 4.89 Å². The molecule has 0 saturated carbocycles. The third-order valence-corrected chi connectivity index (χ3v) is 4.59. The predicted octanol–water partition coefficient (Wildman–Crippen LogP) is 6.28. The van der Waals surface area contributed by atoms with Gasteiger partial charge in [0.2, 0.25) is 0 Å². The Kier molecular flexibility index (Phi) is 25.3. The predicted molar refractivity (Wildman–Crippen MR) is 93.1 cm³/mol. The van der Waals surface area contributed by atoms with Gasteiger partial charge in [-0.05, 0) is 11.0 Å². The summed E-state index contributed by atoms with van der Waals surface area (Å²) in [4.78, 5) is 10.2. The maximum absolute atomic E-state index is 10.2. The molecule has 0 aromatic rings. The smallest absolute Gasteiger partial charge is 0.566 e. The van der Waals surface area contributed by atoms with E-state index in [4.69, 9.17) is 0 Å². The van der Waals surface area contributed by atoms with Crippen LogP contribution in [0.2, 0.25) is 0 Å². The second-order valence-corrected chi connectivity index (χ2v) is 7.07. The van der Waals surface area contributed by atoms with Crippen molar-refractivity contribution in [1.29, 1.82) is 0 Å². The van der Waals surface area contributed by atoms with E-state index in [1.807, 2.05) is 0 Å². The van der Waals surface area contributed by atoms with Crippen LogP contribution in [-0.4, -0.2) is 6.61 Å². The third-order valence-electron chi connectivity index (χ3n) is 4.19. The van der Waals surface area contributed by atoms with Crippen LogP contribution in [0.1, 0.15) is 110 Å². The van der Waals surface area contributed by atoms with Crippen molar-refractivity contribution in [2.45, 2.75) is 110 Å². The summed E-state index contributed by atoms with van der Waals surface area (Å²) in [5, 5.41) is 0. The molecule has 0 N–H and O–H groups in total. The first-order chi connectivity index (χ1) is 10.8. The molecule has 23 heavy (non-hydrogen) atoms. The fourth-order valence-corrected chi connectivity index (χ4v) is 3.07. The van der Waals surface area contributed by atoms with E-state index in [2.05, 4.69) is 11.4 Å². The van der Waals surface area contributed by atoms with Crippen LogP contribution in [0.15, 0.2) is 0 Å². The van der Waals surface area contributed by atoms with Gasteiger partial charge in [-0.25, -0.2) is 0 Å². The average molecular weight is 384 g/mol. The Balaban J connectivity index is 0. The quantitative estimate of drug-likeness (QED) is 0.206. The van der Waals surface area contributed by atoms with Crippen LogP contribution in [0, 0.1) is 0 Å². The molecule has 0 rings (SSSR count). The van der Waals surface area contributed by atoms with Crippen LogP contribution in [0.4, 0.5) is 0 Å². The number of unbranched alkanes of at least 4 members (excludes halogenated alkanes) is 15. The van der Waals surface area contributed by atoms with Gasteiger partial charge in [-0.15, -0.1) is 4.52 Å². The van der Waals surface area contributed by atoms with E-state index in [0.717, 1.165) is 12.8 Å². The molecule has 1 atom stereocenters. The van der Waals surface area contributed by atoms with Gasteiger partial charge in [-0.3, -0.25) is 0 Å². The second-order valence-electron chi connectivity index (χ2n) is 6.36. The third kappa shape index (κ3) is 24.9. The van der Waals surface area contributed by atoms with Gasteiger partial charge >= 0.3 is 25.6 Å². The van der Waals surface area contributed by atoms with E-state index in [0.29, 0.717) is 6.61 Å². The van der Waals surface area contributed by atoms with E-state index in [1.165, 1.54) is 89.9 Å². The Morgan fingerprint density at radius 1 is 0.652 bits per heavy atom. The molecular weight excluding hydrogens is 347 g/mol. The zero-order chi connectivity index (χ0) is 16.3. The van der Waals surface area contributed by atoms with Crippen molar-refractivity contribution in [2.24, 2.45) is 0 Å². The molecule has 0 aliphatic rings. The maximum Gasteiger partial charge on any atom is 2.00 e. The Morgan fingerprint density at radius 3 is 1.26 bits per heavy atom. The minimum absolute atomic E-state index is 0. The molecule has 0 bridgehead atoms. The summed E-state index contributed by atoms with van der Waals surface area (Å²) in [6.07, 6.45) is 21.2. The van der Waals surface area contributed by atoms with Gasteiger partial charge in [-0.2, -0.15) is 0 Å². The molecule has 0 heterocycles. The molecule has 136 valence electrons. The monoisotopic (exact) mass is 384 g/mol. The van der Waals surface area contributed by atoms with E-state index in [9.17, 15) is 9.46 Å². The van der Waals surface area contributed by atoms with Gasteiger partial charge in [0.05, 0.1) is 0 Å². The summed E-state index contributed by atoms with van der Waals surface area (Å²) in [5.41, 5.74) is 0. The van der Waals surface area contributed by atoms with Crippen molar-refractivity contribution >= 4 is 8.25 Å². The Hall–Kier alpha value is 0.552. The average Bonchev–Trinajstić information content (AvgIpc) is 2.50. The fourth-order valence-electron chi connectivity index (χ4n) is 2.79. The summed E-state index contributed by atoms with van der Waals surface area (Å²) < 4.78 is 14.7. The van der Waals surface area contributed by atoms with Crippen molar-refractivity contribution in [1.82, 2.24) is 0 Å². The molecule has 1 unspecified atom stereocenters. The summed E-state index contributed by atoms with van der Waals surface area (Å²) in [5.74, 6) is 0. The summed E-state index contributed by atoms with van der Waals surface area (Å²) in [7, 11) is -2.64. The van der Waals surface area contributed by atoms with Gasteiger partial charge in [0.1, 0.15) is 6.61 Å². The summed E-state index contributed by atoms with van der Waals surface area (Å²) >= 11 is 0. The van der Waals surface area contributed by atoms with E-state index < -0.39 is 8.25 Å². The van der Waals surface area contributed by atoms with Crippen molar-refractivity contribution in [2.75, 3.05) is 6.61 Å². The maximum atomic E-state index is 10.2. The van der Waals surface area contributed by atoms with E-state index >= 15 is 0 Å². The van der Waals surface area contributed by atoms with Gasteiger partial charge in [0.15, 0.2) is 0 Å². The number of hydrogen-bond acceptors (Lipinski definition) is 3. The molecule has 0 aliphatic carbocycles. The van der Waals surface area contributed by atoms with Crippen molar-refractivity contribution in [3.8, 4) is 0 Å². The van der Waals surface area contributed by atoms with Crippen molar-refractivity contribution < 1.29 is 31.3 Å². The first-order valence-electron chi connectivity index (χ1n) is 9.54. The molecule has 3 nitrogen and oxygen atoms in total. The molecule has 5 heteroatoms. The minimum atomic E-state index is -2.64. The molecular formula is C18H37CrO3P+2. The molecule has 0 saturated heterocycles. The zero-order valence-corrected chi connectivity index (χ0v) is 17.3. The van der Waals surface area contributed by atoms with Crippen LogP contribution >= 0.6 is 8.25 Å². The van der Waals surface area contributed by atoms with Gasteiger partial charge in [0.25, 0.3) is 0 Å². The minimum Gasteiger partial charge on any atom is -0.566 e. The number of rotatable bonds is 18. The molecule has 0 spiro atoms. The second kappa shape index (κ2) is 22.6. The molecule has 0 aromatic heterocycles. The van der Waals surface area contributed by atoms with Crippen LogP contribution < -0.4 is 4.89 Å². The molecule has 0 aliphatic heterocycles. The molecule has 0 radical (unpaired) electrons. The SMILES string of the molecule is CCCCCCCCCCCCCCCCCCO[P+](=O)[O-].[Cr+2]. The van der Waals surface area contributed by atoms with Crippen LogP contribution in [-0.2, 0) is 26.4 Å². The Labute approximate surface area is 156 Å². The standard InChI is InChI=1S/C18H37O3P.Cr/c1-2-3-4-5-6-7-8-9-10-11-12-13-14-15-16-17-18-21-22(19)20;/h2-18H2,1H3;/q;+2. The number of hydrogen-bond donors (Lipinski definition) is 0. The summed E-state index contributed by atoms with van der Waals surface area (Å²) in [6, 6.07) is 0. The van der Waals surface area contributed by atoms with Gasteiger partial charge in [0, 0.05) is 0 Å². The van der Waals surface area contributed by atoms with Crippen LogP contribution in [0.3, 0.4) is 0 Å². The normalized spacial score (nSPS) is 11.3. The van der Waals surface area contributed by atoms with Crippen molar-refractivity contribution in [3.05, 3.63) is 0 Å². The van der Waals surface area contributed by atoms with Crippen molar-refractivity contribution in [3.63, 3.8) is 0 Å². The summed E-state index contributed by atoms with van der Waals surface area (Å²) in [6.45, 7) is 2.63. The first-order valence-corrected chi connectivity index (χ1v) is 10.6. The Bertz CT molecular complexity index is 240. The largest absolute Gasteiger partial charge is 2.00 e. The van der Waals surface area contributed by atoms with Gasteiger partial charge in [-0.1, -0.05) is 103 Å². The first kappa shape index (κ1) is 25.8. The molecule has 0 amide bonds. The van der Waals surface area contributed by atoms with E-state index in [1.54, 1.807) is 0 Å². The van der Waals surface area contributed by atoms with Crippen LogP contribution in [0.5, 0.6) is 0 Å². The molecule has 0 aromatic carbocycles. The fraction of sp³-hybridized carbons (Fsp3) is 1.00. The Morgan fingerprint density at radius 2 is 0.957 bits per heavy atom. The zero-order valence-electron chi connectivity index (χ0n) is 15.1. The molecule has 0 fully saturated rings.